The van der Waals surface area contributed by atoms with E-state index >= 15 is 0 Å². The molecule has 2 rings (SSSR count). The Bertz CT molecular complexity index is 858. The zero-order chi connectivity index (χ0) is 22.7. The Hall–Kier alpha value is -3.35. The van der Waals surface area contributed by atoms with Gasteiger partial charge in [-0.25, -0.2) is 9.59 Å². The smallest absolute Gasteiger partial charge is 0.417 e. The van der Waals surface area contributed by atoms with Gasteiger partial charge in [0.25, 0.3) is 0 Å². The van der Waals surface area contributed by atoms with Crippen molar-refractivity contribution in [3.8, 4) is 5.75 Å². The maximum atomic E-state index is 12.3. The van der Waals surface area contributed by atoms with Gasteiger partial charge < -0.3 is 14.8 Å². The number of carbonyl (C=O) groups excluding carboxylic acids is 3. The number of ether oxygens (including phenoxy) is 2. The molecule has 0 fully saturated rings. The molecule has 0 unspecified atom stereocenters. The number of amides is 2. The van der Waals surface area contributed by atoms with Gasteiger partial charge in [0.1, 0.15) is 11.4 Å². The minimum Gasteiger partial charge on any atom is -0.444 e. The number of hydrogen-bond acceptors (Lipinski definition) is 5. The van der Waals surface area contributed by atoms with Gasteiger partial charge >= 0.3 is 12.2 Å². The lowest BCUT2D eigenvalue weighted by Gasteiger charge is -2.19. The lowest BCUT2D eigenvalue weighted by molar-refractivity contribution is 0.0526. The van der Waals surface area contributed by atoms with Crippen LogP contribution in [0.15, 0.2) is 54.6 Å². The number of hydrogen-bond donors (Lipinski definition) is 2. The molecule has 31 heavy (non-hydrogen) atoms. The number of alkyl carbamates (subject to hydrolysis) is 1. The lowest BCUT2D eigenvalue weighted by atomic mass is 10.0. The summed E-state index contributed by atoms with van der Waals surface area (Å²) in [4.78, 5) is 35.8. The second kappa shape index (κ2) is 11.7. The van der Waals surface area contributed by atoms with Gasteiger partial charge in [-0.1, -0.05) is 24.6 Å². The van der Waals surface area contributed by atoms with Crippen LogP contribution >= 0.6 is 0 Å². The zero-order valence-corrected chi connectivity index (χ0v) is 18.3. The summed E-state index contributed by atoms with van der Waals surface area (Å²) in [5, 5.41) is 5.33. The SMILES string of the molecule is CC(C)(C)OC(=O)NCCCCCC(=O)c1ccc(NC(=O)Oc2ccccc2)cc1. The molecular weight excluding hydrogens is 396 g/mol. The molecule has 0 aliphatic heterocycles. The highest BCUT2D eigenvalue weighted by Gasteiger charge is 2.15. The molecule has 2 N–H and O–H groups in total. The molecule has 7 nitrogen and oxygen atoms in total. The Morgan fingerprint density at radius 1 is 0.839 bits per heavy atom. The molecule has 2 aromatic carbocycles. The summed E-state index contributed by atoms with van der Waals surface area (Å²) in [7, 11) is 0. The molecular formula is C24H30N2O5. The standard InChI is InChI=1S/C24H30N2O5/c1-24(2,3)31-22(28)25-17-9-5-8-12-21(27)18-13-15-19(16-14-18)26-23(29)30-20-10-6-4-7-11-20/h4,6-7,10-11,13-16H,5,8-9,12,17H2,1-3H3,(H,25,28)(H,26,29). The summed E-state index contributed by atoms with van der Waals surface area (Å²) >= 11 is 0. The first-order valence-corrected chi connectivity index (χ1v) is 10.4. The first-order valence-electron chi connectivity index (χ1n) is 10.4. The molecule has 0 heterocycles. The van der Waals surface area contributed by atoms with Crippen molar-refractivity contribution in [3.05, 3.63) is 60.2 Å². The maximum Gasteiger partial charge on any atom is 0.417 e. The molecule has 0 saturated carbocycles. The molecule has 0 aliphatic carbocycles. The summed E-state index contributed by atoms with van der Waals surface area (Å²) in [5.74, 6) is 0.492. The van der Waals surface area contributed by atoms with Crippen LogP contribution in [-0.2, 0) is 4.74 Å². The normalized spacial score (nSPS) is 10.8. The second-order valence-electron chi connectivity index (χ2n) is 8.07. The molecule has 0 spiro atoms. The Labute approximate surface area is 183 Å². The van der Waals surface area contributed by atoms with Gasteiger partial charge in [0.05, 0.1) is 0 Å². The second-order valence-corrected chi connectivity index (χ2v) is 8.07. The number of rotatable bonds is 9. The zero-order valence-electron chi connectivity index (χ0n) is 18.3. The van der Waals surface area contributed by atoms with Crippen molar-refractivity contribution in [2.24, 2.45) is 0 Å². The van der Waals surface area contributed by atoms with E-state index in [9.17, 15) is 14.4 Å². The fourth-order valence-electron chi connectivity index (χ4n) is 2.71. The Morgan fingerprint density at radius 2 is 1.52 bits per heavy atom. The lowest BCUT2D eigenvalue weighted by Crippen LogP contribution is -2.32. The molecule has 7 heteroatoms. The van der Waals surface area contributed by atoms with Crippen LogP contribution in [0.1, 0.15) is 56.8 Å². The van der Waals surface area contributed by atoms with E-state index < -0.39 is 17.8 Å². The number of anilines is 1. The monoisotopic (exact) mass is 426 g/mol. The van der Waals surface area contributed by atoms with Crippen molar-refractivity contribution in [3.63, 3.8) is 0 Å². The van der Waals surface area contributed by atoms with E-state index in [0.29, 0.717) is 30.0 Å². The molecule has 0 radical (unpaired) electrons. The van der Waals surface area contributed by atoms with Crippen LogP contribution in [0.5, 0.6) is 5.75 Å². The van der Waals surface area contributed by atoms with Crippen LogP contribution in [0.2, 0.25) is 0 Å². The van der Waals surface area contributed by atoms with Gasteiger partial charge in [0.2, 0.25) is 0 Å². The molecule has 166 valence electrons. The summed E-state index contributed by atoms with van der Waals surface area (Å²) in [6.45, 7) is 5.97. The average molecular weight is 427 g/mol. The Balaban J connectivity index is 1.65. The summed E-state index contributed by atoms with van der Waals surface area (Å²) in [6, 6.07) is 15.5. The summed E-state index contributed by atoms with van der Waals surface area (Å²) in [5.41, 5.74) is 0.628. The minimum absolute atomic E-state index is 0.0403. The van der Waals surface area contributed by atoms with E-state index in [2.05, 4.69) is 10.6 Å². The fraction of sp³-hybridized carbons (Fsp3) is 0.375. The molecule has 0 aromatic heterocycles. The van der Waals surface area contributed by atoms with Crippen LogP contribution < -0.4 is 15.4 Å². The Kier molecular flexibility index (Phi) is 9.06. The third kappa shape index (κ3) is 9.80. The van der Waals surface area contributed by atoms with Crippen LogP contribution in [0, 0.1) is 0 Å². The predicted molar refractivity (Wildman–Crippen MR) is 120 cm³/mol. The largest absolute Gasteiger partial charge is 0.444 e. The van der Waals surface area contributed by atoms with Gasteiger partial charge in [0, 0.05) is 24.2 Å². The molecule has 0 saturated heterocycles. The number of Topliss-reactive ketones (excluding diaryl/α,β-unsaturated/α-hetero) is 1. The number of benzene rings is 2. The quantitative estimate of drug-likeness (QED) is 0.404. The number of unbranched alkanes of at least 4 members (excludes halogenated alkanes) is 2. The van der Waals surface area contributed by atoms with E-state index in [0.717, 1.165) is 19.3 Å². The van der Waals surface area contributed by atoms with Crippen molar-refractivity contribution in [2.75, 3.05) is 11.9 Å². The van der Waals surface area contributed by atoms with Gasteiger partial charge in [-0.3, -0.25) is 10.1 Å². The van der Waals surface area contributed by atoms with E-state index in [1.54, 1.807) is 48.5 Å². The maximum absolute atomic E-state index is 12.3. The molecule has 2 amide bonds. The van der Waals surface area contributed by atoms with Crippen LogP contribution in [0.4, 0.5) is 15.3 Å². The fourth-order valence-corrected chi connectivity index (χ4v) is 2.71. The van der Waals surface area contributed by atoms with E-state index in [4.69, 9.17) is 9.47 Å². The van der Waals surface area contributed by atoms with Gasteiger partial charge in [-0.05, 0) is 70.0 Å². The van der Waals surface area contributed by atoms with Crippen LogP contribution in [0.25, 0.3) is 0 Å². The van der Waals surface area contributed by atoms with Gasteiger partial charge in [-0.15, -0.1) is 0 Å². The highest BCUT2D eigenvalue weighted by Crippen LogP contribution is 2.15. The molecule has 0 aliphatic rings. The van der Waals surface area contributed by atoms with E-state index in [-0.39, 0.29) is 5.78 Å². The van der Waals surface area contributed by atoms with Crippen molar-refractivity contribution in [2.45, 2.75) is 52.1 Å². The topological polar surface area (TPSA) is 93.7 Å². The van der Waals surface area contributed by atoms with Gasteiger partial charge in [-0.2, -0.15) is 0 Å². The highest BCUT2D eigenvalue weighted by molar-refractivity contribution is 5.96. The summed E-state index contributed by atoms with van der Waals surface area (Å²) < 4.78 is 10.3. The van der Waals surface area contributed by atoms with Crippen LogP contribution in [-0.4, -0.2) is 30.1 Å². The molecule has 2 aromatic rings. The van der Waals surface area contributed by atoms with Crippen molar-refractivity contribution >= 4 is 23.7 Å². The van der Waals surface area contributed by atoms with Gasteiger partial charge in [0.15, 0.2) is 5.78 Å². The number of ketones is 1. The number of carbonyl (C=O) groups is 3. The summed E-state index contributed by atoms with van der Waals surface area (Å²) in [6.07, 6.45) is 1.74. The van der Waals surface area contributed by atoms with E-state index in [1.165, 1.54) is 0 Å². The van der Waals surface area contributed by atoms with E-state index in [1.807, 2.05) is 26.8 Å². The predicted octanol–water partition coefficient (Wildman–Crippen LogP) is 5.57. The van der Waals surface area contributed by atoms with Crippen molar-refractivity contribution in [1.82, 2.24) is 5.32 Å². The number of para-hydroxylation sites is 1. The first-order chi connectivity index (χ1) is 14.7. The molecule has 0 bridgehead atoms. The Morgan fingerprint density at radius 3 is 2.16 bits per heavy atom. The third-order valence-electron chi connectivity index (χ3n) is 4.16. The first kappa shape index (κ1) is 23.9. The third-order valence-corrected chi connectivity index (χ3v) is 4.16. The highest BCUT2D eigenvalue weighted by atomic mass is 16.6. The number of nitrogens with one attached hydrogen (secondary N) is 2. The molecule has 0 atom stereocenters. The van der Waals surface area contributed by atoms with Crippen molar-refractivity contribution < 1.29 is 23.9 Å². The average Bonchev–Trinajstić information content (AvgIpc) is 2.70. The minimum atomic E-state index is -0.592. The van der Waals surface area contributed by atoms with Crippen molar-refractivity contribution in [1.29, 1.82) is 0 Å². The van der Waals surface area contributed by atoms with Crippen LogP contribution in [0.3, 0.4) is 0 Å².